The number of nitrogens with zero attached hydrogens (tertiary/aromatic N) is 1. The van der Waals surface area contributed by atoms with E-state index in [0.29, 0.717) is 28.0 Å². The summed E-state index contributed by atoms with van der Waals surface area (Å²) in [5, 5.41) is 13.8. The molecule has 2 aromatic rings. The Bertz CT molecular complexity index is 869. The van der Waals surface area contributed by atoms with E-state index in [9.17, 15) is 9.90 Å². The number of aromatic hydroxyl groups is 1. The molecule has 0 unspecified atom stereocenters. The predicted molar refractivity (Wildman–Crippen MR) is 112 cm³/mol. The lowest BCUT2D eigenvalue weighted by Crippen LogP contribution is -2.24. The molecule has 0 fully saturated rings. The lowest BCUT2D eigenvalue weighted by Gasteiger charge is -2.11. The van der Waals surface area contributed by atoms with Crippen molar-refractivity contribution in [3.63, 3.8) is 0 Å². The van der Waals surface area contributed by atoms with Gasteiger partial charge in [0.25, 0.3) is 5.91 Å². The number of allylic oxidation sites excluding steroid dienone is 1. The summed E-state index contributed by atoms with van der Waals surface area (Å²) >= 11 is 6.55. The standard InChI is InChI=1S/C19H18Br2N2O4/c1-3-4-12-5-6-16(17(7-12)26-2)27-11-18(24)23-22-10-13-8-14(20)9-15(21)19(13)25/h3,5-10,25H,1,4,11H2,2H3,(H,23,24)/b22-10+. The molecule has 0 aliphatic rings. The molecule has 2 rings (SSSR count). The second-order valence-electron chi connectivity index (χ2n) is 5.39. The molecule has 8 heteroatoms. The maximum absolute atomic E-state index is 11.9. The fourth-order valence-electron chi connectivity index (χ4n) is 2.16. The molecule has 0 heterocycles. The SMILES string of the molecule is C=CCc1ccc(OCC(=O)N/N=C/c2cc(Br)cc(Br)c2O)c(OC)c1. The van der Waals surface area contributed by atoms with E-state index in [0.717, 1.165) is 10.0 Å². The van der Waals surface area contributed by atoms with E-state index in [1.165, 1.54) is 13.3 Å². The third kappa shape index (κ3) is 6.11. The first kappa shape index (κ1) is 21.0. The minimum absolute atomic E-state index is 0.0248. The van der Waals surface area contributed by atoms with Gasteiger partial charge in [-0.3, -0.25) is 4.79 Å². The molecule has 0 atom stereocenters. The van der Waals surface area contributed by atoms with Crippen molar-refractivity contribution < 1.29 is 19.4 Å². The van der Waals surface area contributed by atoms with E-state index < -0.39 is 5.91 Å². The molecular formula is C19H18Br2N2O4. The average Bonchev–Trinajstić information content (AvgIpc) is 2.64. The molecule has 0 aliphatic heterocycles. The molecule has 0 saturated carbocycles. The Hall–Kier alpha value is -2.32. The molecule has 6 nitrogen and oxygen atoms in total. The summed E-state index contributed by atoms with van der Waals surface area (Å²) in [6.45, 7) is 3.47. The Morgan fingerprint density at radius 1 is 1.30 bits per heavy atom. The first-order valence-corrected chi connectivity index (χ1v) is 9.43. The lowest BCUT2D eigenvalue weighted by atomic mass is 10.1. The second kappa shape index (κ2) is 10.1. The van der Waals surface area contributed by atoms with Gasteiger partial charge in [0.15, 0.2) is 18.1 Å². The fourth-order valence-corrected chi connectivity index (χ4v) is 3.42. The number of halogens is 2. The Morgan fingerprint density at radius 2 is 2.07 bits per heavy atom. The van der Waals surface area contributed by atoms with Crippen LogP contribution in [0.3, 0.4) is 0 Å². The number of carbonyl (C=O) groups is 1. The minimum atomic E-state index is -0.447. The highest BCUT2D eigenvalue weighted by Gasteiger charge is 2.09. The maximum atomic E-state index is 11.9. The van der Waals surface area contributed by atoms with Gasteiger partial charge in [-0.05, 0) is 52.2 Å². The summed E-state index contributed by atoms with van der Waals surface area (Å²) in [5.41, 5.74) is 3.82. The van der Waals surface area contributed by atoms with E-state index in [2.05, 4.69) is 49.0 Å². The van der Waals surface area contributed by atoms with Gasteiger partial charge in [-0.15, -0.1) is 6.58 Å². The van der Waals surface area contributed by atoms with Crippen LogP contribution in [0.1, 0.15) is 11.1 Å². The van der Waals surface area contributed by atoms with Crippen LogP contribution in [-0.4, -0.2) is 30.9 Å². The number of phenolic OH excluding ortho intramolecular Hbond substituents is 1. The highest BCUT2D eigenvalue weighted by atomic mass is 79.9. The number of benzene rings is 2. The van der Waals surface area contributed by atoms with Crippen LogP contribution in [-0.2, 0) is 11.2 Å². The van der Waals surface area contributed by atoms with Crippen LogP contribution < -0.4 is 14.9 Å². The summed E-state index contributed by atoms with van der Waals surface area (Å²) < 4.78 is 12.0. The molecular weight excluding hydrogens is 480 g/mol. The number of hydrazone groups is 1. The Kier molecular flexibility index (Phi) is 7.87. The average molecular weight is 498 g/mol. The molecule has 0 radical (unpaired) electrons. The van der Waals surface area contributed by atoms with Gasteiger partial charge in [-0.2, -0.15) is 5.10 Å². The van der Waals surface area contributed by atoms with E-state index >= 15 is 0 Å². The smallest absolute Gasteiger partial charge is 0.277 e. The van der Waals surface area contributed by atoms with Crippen molar-refractivity contribution >= 4 is 44.0 Å². The molecule has 0 spiro atoms. The largest absolute Gasteiger partial charge is 0.506 e. The van der Waals surface area contributed by atoms with Crippen molar-refractivity contribution in [1.82, 2.24) is 5.43 Å². The Labute approximate surface area is 174 Å². The fraction of sp³-hybridized carbons (Fsp3) is 0.158. The minimum Gasteiger partial charge on any atom is -0.506 e. The summed E-state index contributed by atoms with van der Waals surface area (Å²) in [5.74, 6) is 0.571. The van der Waals surface area contributed by atoms with Crippen molar-refractivity contribution in [2.24, 2.45) is 5.10 Å². The second-order valence-corrected chi connectivity index (χ2v) is 7.16. The predicted octanol–water partition coefficient (Wildman–Crippen LogP) is 4.18. The summed E-state index contributed by atoms with van der Waals surface area (Å²) in [6.07, 6.45) is 3.85. The number of phenols is 1. The number of rotatable bonds is 8. The zero-order valence-electron chi connectivity index (χ0n) is 14.5. The quantitative estimate of drug-likeness (QED) is 0.325. The third-order valence-electron chi connectivity index (χ3n) is 3.42. The van der Waals surface area contributed by atoms with Crippen molar-refractivity contribution in [1.29, 1.82) is 0 Å². The number of methoxy groups -OCH3 is 1. The van der Waals surface area contributed by atoms with Gasteiger partial charge in [0.2, 0.25) is 0 Å². The van der Waals surface area contributed by atoms with Crippen molar-refractivity contribution in [3.8, 4) is 17.2 Å². The van der Waals surface area contributed by atoms with E-state index in [-0.39, 0.29) is 12.4 Å². The van der Waals surface area contributed by atoms with E-state index in [4.69, 9.17) is 9.47 Å². The molecule has 27 heavy (non-hydrogen) atoms. The van der Waals surface area contributed by atoms with Gasteiger partial charge < -0.3 is 14.6 Å². The van der Waals surface area contributed by atoms with Crippen LogP contribution in [0.15, 0.2) is 57.0 Å². The Morgan fingerprint density at radius 3 is 2.78 bits per heavy atom. The van der Waals surface area contributed by atoms with Gasteiger partial charge in [0, 0.05) is 10.0 Å². The monoisotopic (exact) mass is 496 g/mol. The maximum Gasteiger partial charge on any atom is 0.277 e. The van der Waals surface area contributed by atoms with Crippen LogP contribution in [0.5, 0.6) is 17.2 Å². The normalized spacial score (nSPS) is 10.6. The highest BCUT2D eigenvalue weighted by molar-refractivity contribution is 9.11. The number of ether oxygens (including phenoxy) is 2. The van der Waals surface area contributed by atoms with Crippen molar-refractivity contribution in [2.45, 2.75) is 6.42 Å². The van der Waals surface area contributed by atoms with Crippen LogP contribution in [0, 0.1) is 0 Å². The van der Waals surface area contributed by atoms with Gasteiger partial charge >= 0.3 is 0 Å². The zero-order chi connectivity index (χ0) is 19.8. The van der Waals surface area contributed by atoms with Crippen molar-refractivity contribution in [3.05, 3.63) is 63.1 Å². The lowest BCUT2D eigenvalue weighted by molar-refractivity contribution is -0.123. The Balaban J connectivity index is 1.94. The number of hydrogen-bond acceptors (Lipinski definition) is 5. The van der Waals surface area contributed by atoms with Crippen LogP contribution in [0.2, 0.25) is 0 Å². The molecule has 0 bridgehead atoms. The molecule has 0 aliphatic carbocycles. The number of carbonyl (C=O) groups excluding carboxylic acids is 1. The molecule has 1 amide bonds. The zero-order valence-corrected chi connectivity index (χ0v) is 17.7. The van der Waals surface area contributed by atoms with Crippen molar-refractivity contribution in [2.75, 3.05) is 13.7 Å². The van der Waals surface area contributed by atoms with Crippen LogP contribution in [0.25, 0.3) is 0 Å². The topological polar surface area (TPSA) is 80.2 Å². The first-order valence-electron chi connectivity index (χ1n) is 7.85. The summed E-state index contributed by atoms with van der Waals surface area (Å²) in [6, 6.07) is 8.82. The molecule has 142 valence electrons. The van der Waals surface area contributed by atoms with Gasteiger partial charge in [-0.25, -0.2) is 5.43 Å². The highest BCUT2D eigenvalue weighted by Crippen LogP contribution is 2.30. The summed E-state index contributed by atoms with van der Waals surface area (Å²) in [4.78, 5) is 11.9. The third-order valence-corrected chi connectivity index (χ3v) is 4.48. The molecule has 2 aromatic carbocycles. The van der Waals surface area contributed by atoms with Gasteiger partial charge in [-0.1, -0.05) is 28.1 Å². The van der Waals surface area contributed by atoms with E-state index in [1.807, 2.05) is 12.1 Å². The number of hydrogen-bond donors (Lipinski definition) is 2. The number of nitrogens with one attached hydrogen (secondary N) is 1. The molecule has 0 aromatic heterocycles. The first-order chi connectivity index (χ1) is 12.9. The van der Waals surface area contributed by atoms with E-state index in [1.54, 1.807) is 24.3 Å². The summed E-state index contributed by atoms with van der Waals surface area (Å²) in [7, 11) is 1.53. The molecule has 2 N–H and O–H groups in total. The van der Waals surface area contributed by atoms with Crippen LogP contribution in [0.4, 0.5) is 0 Å². The molecule has 0 saturated heterocycles. The number of amides is 1. The van der Waals surface area contributed by atoms with Gasteiger partial charge in [0.05, 0.1) is 17.8 Å². The van der Waals surface area contributed by atoms with Crippen LogP contribution >= 0.6 is 31.9 Å². The van der Waals surface area contributed by atoms with Gasteiger partial charge in [0.1, 0.15) is 5.75 Å².